The van der Waals surface area contributed by atoms with E-state index in [1.807, 2.05) is 0 Å². The maximum absolute atomic E-state index is 13.8. The van der Waals surface area contributed by atoms with Crippen LogP contribution in [-0.2, 0) is 12.7 Å². The largest absolute Gasteiger partial charge is 0.416 e. The zero-order chi connectivity index (χ0) is 24.6. The minimum atomic E-state index is -4.64. The third kappa shape index (κ3) is 4.57. The van der Waals surface area contributed by atoms with Crippen molar-refractivity contribution in [3.63, 3.8) is 0 Å². The van der Waals surface area contributed by atoms with E-state index >= 15 is 0 Å². The Bertz CT molecular complexity index is 1350. The van der Waals surface area contributed by atoms with Crippen LogP contribution in [0.3, 0.4) is 0 Å². The highest BCUT2D eigenvalue weighted by Gasteiger charge is 2.34. The maximum Gasteiger partial charge on any atom is 0.416 e. The molecule has 0 radical (unpaired) electrons. The number of halogens is 4. The van der Waals surface area contributed by atoms with Crippen molar-refractivity contribution in [2.75, 3.05) is 0 Å². The van der Waals surface area contributed by atoms with Gasteiger partial charge in [-0.15, -0.1) is 0 Å². The second-order valence-corrected chi connectivity index (χ2v) is 7.83. The summed E-state index contributed by atoms with van der Waals surface area (Å²) in [6, 6.07) is 10.9. The highest BCUT2D eigenvalue weighted by Crippen LogP contribution is 2.34. The number of amides is 1. The third-order valence-electron chi connectivity index (χ3n) is 5.30. The van der Waals surface area contributed by atoms with Crippen LogP contribution in [0.5, 0.6) is 0 Å². The molecule has 10 heteroatoms. The number of aryl methyl sites for hydroxylation is 3. The van der Waals surface area contributed by atoms with Gasteiger partial charge in [-0.05, 0) is 68.8 Å². The Morgan fingerprint density at radius 3 is 2.38 bits per heavy atom. The van der Waals surface area contributed by atoms with Crippen molar-refractivity contribution < 1.29 is 26.9 Å². The Balaban J connectivity index is 1.62. The van der Waals surface area contributed by atoms with E-state index in [-0.39, 0.29) is 34.8 Å². The molecule has 4 rings (SSSR count). The second-order valence-electron chi connectivity index (χ2n) is 7.83. The molecule has 0 spiro atoms. The van der Waals surface area contributed by atoms with E-state index in [4.69, 9.17) is 4.52 Å². The summed E-state index contributed by atoms with van der Waals surface area (Å²) in [7, 11) is 0. The van der Waals surface area contributed by atoms with Gasteiger partial charge in [-0.25, -0.2) is 9.07 Å². The van der Waals surface area contributed by atoms with Crippen molar-refractivity contribution in [1.29, 1.82) is 0 Å². The zero-order valence-electron chi connectivity index (χ0n) is 18.5. The standard InChI is InChI=1S/C24H20F4N4O2/c1-13-10-14(2)32(30-13)19-9-6-17(20(11-19)24(26,27)28)12-29-23(33)21-15(3)34-31-22(21)16-4-7-18(25)8-5-16/h4-11H,12H2,1-3H3,(H,29,33). The lowest BCUT2D eigenvalue weighted by molar-refractivity contribution is -0.138. The van der Waals surface area contributed by atoms with E-state index in [1.54, 1.807) is 19.9 Å². The SMILES string of the molecule is Cc1cc(C)n(-c2ccc(CNC(=O)c3c(-c4ccc(F)cc4)noc3C)c(C(F)(F)F)c2)n1. The molecule has 1 N–H and O–H groups in total. The van der Waals surface area contributed by atoms with Gasteiger partial charge in [-0.3, -0.25) is 4.79 Å². The number of hydrogen-bond acceptors (Lipinski definition) is 4. The molecule has 1 amide bonds. The summed E-state index contributed by atoms with van der Waals surface area (Å²) in [4.78, 5) is 12.9. The van der Waals surface area contributed by atoms with Crippen LogP contribution < -0.4 is 5.32 Å². The fourth-order valence-corrected chi connectivity index (χ4v) is 3.71. The van der Waals surface area contributed by atoms with Gasteiger partial charge in [0.1, 0.15) is 22.8 Å². The van der Waals surface area contributed by atoms with E-state index < -0.39 is 23.5 Å². The highest BCUT2D eigenvalue weighted by atomic mass is 19.4. The van der Waals surface area contributed by atoms with Crippen LogP contribution in [0.25, 0.3) is 16.9 Å². The first kappa shape index (κ1) is 23.2. The lowest BCUT2D eigenvalue weighted by atomic mass is 10.0. The van der Waals surface area contributed by atoms with Crippen LogP contribution in [0.1, 0.15) is 38.6 Å². The number of hydrogen-bond donors (Lipinski definition) is 1. The van der Waals surface area contributed by atoms with Crippen molar-refractivity contribution in [3.8, 4) is 16.9 Å². The fourth-order valence-electron chi connectivity index (χ4n) is 3.71. The summed E-state index contributed by atoms with van der Waals surface area (Å²) < 4.78 is 61.3. The average molecular weight is 472 g/mol. The summed E-state index contributed by atoms with van der Waals surface area (Å²) in [5.74, 6) is -0.930. The second kappa shape index (κ2) is 8.77. The third-order valence-corrected chi connectivity index (χ3v) is 5.30. The molecule has 0 aliphatic carbocycles. The normalized spacial score (nSPS) is 11.6. The van der Waals surface area contributed by atoms with Gasteiger partial charge in [-0.2, -0.15) is 18.3 Å². The monoisotopic (exact) mass is 472 g/mol. The zero-order valence-corrected chi connectivity index (χ0v) is 18.5. The van der Waals surface area contributed by atoms with E-state index in [0.717, 1.165) is 6.07 Å². The van der Waals surface area contributed by atoms with E-state index in [1.165, 1.54) is 48.0 Å². The predicted octanol–water partition coefficient (Wildman–Crippen LogP) is 5.54. The molecule has 176 valence electrons. The molecule has 2 aromatic heterocycles. The molecule has 4 aromatic rings. The minimum Gasteiger partial charge on any atom is -0.360 e. The van der Waals surface area contributed by atoms with Gasteiger partial charge in [0, 0.05) is 17.8 Å². The summed E-state index contributed by atoms with van der Waals surface area (Å²) >= 11 is 0. The number of carbonyl (C=O) groups is 1. The molecule has 34 heavy (non-hydrogen) atoms. The highest BCUT2D eigenvalue weighted by molar-refractivity contribution is 6.00. The van der Waals surface area contributed by atoms with Crippen molar-refractivity contribution in [3.05, 3.63) is 88.2 Å². The number of nitrogens with one attached hydrogen (secondary N) is 1. The summed E-state index contributed by atoms with van der Waals surface area (Å²) in [6.07, 6.45) is -4.64. The molecule has 0 unspecified atom stereocenters. The van der Waals surface area contributed by atoms with Crippen LogP contribution in [0.15, 0.2) is 53.1 Å². The van der Waals surface area contributed by atoms with E-state index in [9.17, 15) is 22.4 Å². The number of nitrogens with zero attached hydrogens (tertiary/aromatic N) is 3. The molecule has 2 heterocycles. The average Bonchev–Trinajstić information content (AvgIpc) is 3.33. The van der Waals surface area contributed by atoms with Crippen LogP contribution in [0.2, 0.25) is 0 Å². The van der Waals surface area contributed by atoms with Gasteiger partial charge in [0.15, 0.2) is 0 Å². The fraction of sp³-hybridized carbons (Fsp3) is 0.208. The molecule has 0 bridgehead atoms. The van der Waals surface area contributed by atoms with E-state index in [0.29, 0.717) is 17.0 Å². The summed E-state index contributed by atoms with van der Waals surface area (Å²) in [6.45, 7) is 4.64. The smallest absolute Gasteiger partial charge is 0.360 e. The van der Waals surface area contributed by atoms with Crippen molar-refractivity contribution >= 4 is 5.91 Å². The van der Waals surface area contributed by atoms with Crippen molar-refractivity contribution in [2.24, 2.45) is 0 Å². The molecule has 0 fully saturated rings. The molecule has 0 saturated heterocycles. The summed E-state index contributed by atoms with van der Waals surface area (Å²) in [5.41, 5.74) is 1.34. The van der Waals surface area contributed by atoms with Crippen LogP contribution in [0, 0.1) is 26.6 Å². The first-order valence-corrected chi connectivity index (χ1v) is 10.3. The Hall–Kier alpha value is -3.95. The molecule has 0 atom stereocenters. The first-order chi connectivity index (χ1) is 16.0. The Morgan fingerprint density at radius 1 is 1.06 bits per heavy atom. The Kier molecular flexibility index (Phi) is 5.99. The number of rotatable bonds is 5. The van der Waals surface area contributed by atoms with E-state index in [2.05, 4.69) is 15.6 Å². The number of benzene rings is 2. The molecule has 0 aliphatic rings. The number of alkyl halides is 3. The molecule has 6 nitrogen and oxygen atoms in total. The molecule has 2 aromatic carbocycles. The molecular weight excluding hydrogens is 452 g/mol. The van der Waals surface area contributed by atoms with Crippen LogP contribution in [-0.4, -0.2) is 20.8 Å². The quantitative estimate of drug-likeness (QED) is 0.387. The van der Waals surface area contributed by atoms with Crippen molar-refractivity contribution in [1.82, 2.24) is 20.3 Å². The first-order valence-electron chi connectivity index (χ1n) is 10.3. The van der Waals surface area contributed by atoms with Gasteiger partial charge in [0.25, 0.3) is 5.91 Å². The van der Waals surface area contributed by atoms with Crippen LogP contribution >= 0.6 is 0 Å². The van der Waals surface area contributed by atoms with Gasteiger partial charge in [-0.1, -0.05) is 11.2 Å². The van der Waals surface area contributed by atoms with Crippen LogP contribution in [0.4, 0.5) is 17.6 Å². The Morgan fingerprint density at radius 2 is 1.76 bits per heavy atom. The lowest BCUT2D eigenvalue weighted by Crippen LogP contribution is -2.25. The summed E-state index contributed by atoms with van der Waals surface area (Å²) in [5, 5.41) is 10.6. The minimum absolute atomic E-state index is 0.0689. The number of carbonyl (C=O) groups excluding carboxylic acids is 1. The van der Waals surface area contributed by atoms with Gasteiger partial charge < -0.3 is 9.84 Å². The molecule has 0 saturated carbocycles. The Labute approximate surface area is 192 Å². The van der Waals surface area contributed by atoms with Gasteiger partial charge in [0.05, 0.1) is 16.9 Å². The van der Waals surface area contributed by atoms with Gasteiger partial charge >= 0.3 is 6.18 Å². The predicted molar refractivity (Wildman–Crippen MR) is 116 cm³/mol. The lowest BCUT2D eigenvalue weighted by Gasteiger charge is -2.16. The van der Waals surface area contributed by atoms with Gasteiger partial charge in [0.2, 0.25) is 0 Å². The van der Waals surface area contributed by atoms with Crippen molar-refractivity contribution in [2.45, 2.75) is 33.5 Å². The topological polar surface area (TPSA) is 73.0 Å². The maximum atomic E-state index is 13.8. The molecule has 0 aliphatic heterocycles. The number of aromatic nitrogens is 3. The molecular formula is C24H20F4N4O2.